The standard InChI is InChI=1S/C32H58N2O7/c1-3-5-7-8-9-10-11-12-13-14-15-16-20-24-31(38)41-27(21-6-4-2)22-18-17-19-23-29(36)33-25-30(37)34-28(26-35)32(39)40/h10-11,27-28,35H,3-9,12-26H2,1-2H3,(H,33,36)(H,34,37)(H,39,40)/b11-10-. The SMILES string of the molecule is CCCCCC/C=C\CCCCCCCC(=O)OC(CCCC)CCCCCC(=O)NCC(=O)NC(CO)C(=O)O. The normalized spacial score (nSPS) is 12.7. The Labute approximate surface area is 248 Å². The average molecular weight is 583 g/mol. The summed E-state index contributed by atoms with van der Waals surface area (Å²) in [6.45, 7) is 3.29. The molecule has 4 N–H and O–H groups in total. The summed E-state index contributed by atoms with van der Waals surface area (Å²) >= 11 is 0. The summed E-state index contributed by atoms with van der Waals surface area (Å²) in [4.78, 5) is 46.9. The van der Waals surface area contributed by atoms with Crippen molar-refractivity contribution in [1.82, 2.24) is 10.6 Å². The highest BCUT2D eigenvalue weighted by molar-refractivity contribution is 5.87. The molecule has 9 nitrogen and oxygen atoms in total. The minimum absolute atomic E-state index is 0.0811. The fourth-order valence-electron chi connectivity index (χ4n) is 4.46. The number of hydrogen-bond donors (Lipinski definition) is 4. The van der Waals surface area contributed by atoms with Crippen molar-refractivity contribution in [3.63, 3.8) is 0 Å². The number of esters is 1. The number of hydrogen-bond acceptors (Lipinski definition) is 6. The number of carboxylic acids is 1. The molecule has 0 bridgehead atoms. The van der Waals surface area contributed by atoms with E-state index in [2.05, 4.69) is 36.6 Å². The molecule has 2 unspecified atom stereocenters. The zero-order valence-corrected chi connectivity index (χ0v) is 25.8. The van der Waals surface area contributed by atoms with Crippen LogP contribution in [0.1, 0.15) is 142 Å². The number of aliphatic hydroxyl groups excluding tert-OH is 1. The van der Waals surface area contributed by atoms with Crippen LogP contribution in [-0.4, -0.2) is 59.3 Å². The number of rotatable bonds is 28. The lowest BCUT2D eigenvalue weighted by Crippen LogP contribution is -2.47. The third-order valence-corrected chi connectivity index (χ3v) is 7.01. The van der Waals surface area contributed by atoms with Gasteiger partial charge >= 0.3 is 11.9 Å². The molecule has 9 heteroatoms. The maximum Gasteiger partial charge on any atom is 0.328 e. The smallest absolute Gasteiger partial charge is 0.328 e. The molecule has 0 saturated heterocycles. The third-order valence-electron chi connectivity index (χ3n) is 7.01. The van der Waals surface area contributed by atoms with Crippen LogP contribution in [0.4, 0.5) is 0 Å². The molecular weight excluding hydrogens is 524 g/mol. The summed E-state index contributed by atoms with van der Waals surface area (Å²) < 4.78 is 5.78. The number of carboxylic acid groups (broad SMARTS) is 1. The van der Waals surface area contributed by atoms with E-state index >= 15 is 0 Å². The van der Waals surface area contributed by atoms with Crippen molar-refractivity contribution in [2.24, 2.45) is 0 Å². The first-order chi connectivity index (χ1) is 19.8. The highest BCUT2D eigenvalue weighted by Gasteiger charge is 2.19. The first-order valence-electron chi connectivity index (χ1n) is 16.1. The van der Waals surface area contributed by atoms with Gasteiger partial charge in [0.15, 0.2) is 0 Å². The van der Waals surface area contributed by atoms with Crippen LogP contribution in [0.3, 0.4) is 0 Å². The zero-order valence-electron chi connectivity index (χ0n) is 25.8. The van der Waals surface area contributed by atoms with Gasteiger partial charge in [-0.25, -0.2) is 4.79 Å². The van der Waals surface area contributed by atoms with Crippen LogP contribution in [0, 0.1) is 0 Å². The fraction of sp³-hybridized carbons (Fsp3) is 0.812. The van der Waals surface area contributed by atoms with Crippen molar-refractivity contribution >= 4 is 23.8 Å². The molecule has 238 valence electrons. The minimum atomic E-state index is -1.39. The Balaban J connectivity index is 3.96. The van der Waals surface area contributed by atoms with Crippen LogP contribution in [0.15, 0.2) is 12.2 Å². The minimum Gasteiger partial charge on any atom is -0.480 e. The van der Waals surface area contributed by atoms with Gasteiger partial charge in [-0.05, 0) is 57.8 Å². The molecule has 0 aliphatic carbocycles. The number of carbonyl (C=O) groups is 4. The second-order valence-electron chi connectivity index (χ2n) is 10.9. The Morgan fingerprint density at radius 1 is 0.707 bits per heavy atom. The van der Waals surface area contributed by atoms with Crippen molar-refractivity contribution in [2.45, 2.75) is 154 Å². The van der Waals surface area contributed by atoms with E-state index in [-0.39, 0.29) is 30.9 Å². The number of ether oxygens (including phenoxy) is 1. The molecule has 0 aromatic carbocycles. The topological polar surface area (TPSA) is 142 Å². The van der Waals surface area contributed by atoms with E-state index in [9.17, 15) is 19.2 Å². The maximum absolute atomic E-state index is 12.4. The number of aliphatic carboxylic acids is 1. The zero-order chi connectivity index (χ0) is 30.6. The summed E-state index contributed by atoms with van der Waals surface area (Å²) in [5, 5.41) is 22.3. The van der Waals surface area contributed by atoms with Crippen molar-refractivity contribution in [1.29, 1.82) is 0 Å². The Bertz CT molecular complexity index is 727. The van der Waals surface area contributed by atoms with Gasteiger partial charge in [-0.1, -0.05) is 83.8 Å². The van der Waals surface area contributed by atoms with Crippen LogP contribution in [0.5, 0.6) is 0 Å². The molecule has 0 radical (unpaired) electrons. The number of unbranched alkanes of at least 4 members (excludes halogenated alkanes) is 12. The molecule has 0 aliphatic rings. The quantitative estimate of drug-likeness (QED) is 0.0505. The highest BCUT2D eigenvalue weighted by Crippen LogP contribution is 2.16. The van der Waals surface area contributed by atoms with Gasteiger partial charge in [0.25, 0.3) is 0 Å². The summed E-state index contributed by atoms with van der Waals surface area (Å²) in [5.74, 6) is -2.41. The first-order valence-corrected chi connectivity index (χ1v) is 16.1. The van der Waals surface area contributed by atoms with Crippen molar-refractivity contribution < 1.29 is 34.1 Å². The monoisotopic (exact) mass is 582 g/mol. The van der Waals surface area contributed by atoms with Crippen LogP contribution >= 0.6 is 0 Å². The summed E-state index contributed by atoms with van der Waals surface area (Å²) in [7, 11) is 0. The van der Waals surface area contributed by atoms with Crippen LogP contribution in [0.2, 0.25) is 0 Å². The van der Waals surface area contributed by atoms with E-state index in [0.29, 0.717) is 12.8 Å². The number of amides is 2. The third kappa shape index (κ3) is 25.0. The largest absolute Gasteiger partial charge is 0.480 e. The van der Waals surface area contributed by atoms with E-state index in [4.69, 9.17) is 14.9 Å². The van der Waals surface area contributed by atoms with Crippen LogP contribution in [0.25, 0.3) is 0 Å². The van der Waals surface area contributed by atoms with Crippen molar-refractivity contribution in [3.05, 3.63) is 12.2 Å². The Kier molecular flexibility index (Phi) is 26.1. The van der Waals surface area contributed by atoms with Crippen LogP contribution < -0.4 is 10.6 Å². The molecule has 2 atom stereocenters. The molecule has 0 rings (SSSR count). The molecule has 41 heavy (non-hydrogen) atoms. The fourth-order valence-corrected chi connectivity index (χ4v) is 4.46. The predicted molar refractivity (Wildman–Crippen MR) is 162 cm³/mol. The van der Waals surface area contributed by atoms with E-state index in [0.717, 1.165) is 64.2 Å². The molecule has 0 aliphatic heterocycles. The van der Waals surface area contributed by atoms with Crippen LogP contribution in [-0.2, 0) is 23.9 Å². The van der Waals surface area contributed by atoms with E-state index < -0.39 is 24.5 Å². The summed E-state index contributed by atoms with van der Waals surface area (Å²) in [6, 6.07) is -1.39. The van der Waals surface area contributed by atoms with Crippen molar-refractivity contribution in [3.8, 4) is 0 Å². The highest BCUT2D eigenvalue weighted by atomic mass is 16.5. The summed E-state index contributed by atoms with van der Waals surface area (Å²) in [6.07, 6.45) is 24.4. The second kappa shape index (κ2) is 27.7. The second-order valence-corrected chi connectivity index (χ2v) is 10.9. The maximum atomic E-state index is 12.4. The predicted octanol–water partition coefficient (Wildman–Crippen LogP) is 5.97. The molecular formula is C32H58N2O7. The van der Waals surface area contributed by atoms with E-state index in [1.165, 1.54) is 44.9 Å². The number of carbonyl (C=O) groups excluding carboxylic acids is 3. The molecule has 0 aromatic heterocycles. The molecule has 0 saturated carbocycles. The lowest BCUT2D eigenvalue weighted by atomic mass is 10.0. The van der Waals surface area contributed by atoms with Gasteiger partial charge in [-0.3, -0.25) is 14.4 Å². The summed E-state index contributed by atoms with van der Waals surface area (Å²) in [5.41, 5.74) is 0. The molecule has 0 fully saturated rings. The number of allylic oxidation sites excluding steroid dienone is 2. The number of nitrogens with one attached hydrogen (secondary N) is 2. The Morgan fingerprint density at radius 3 is 1.90 bits per heavy atom. The lowest BCUT2D eigenvalue weighted by molar-refractivity contribution is -0.150. The van der Waals surface area contributed by atoms with E-state index in [1.54, 1.807) is 0 Å². The average Bonchev–Trinajstić information content (AvgIpc) is 2.95. The van der Waals surface area contributed by atoms with Gasteiger partial charge in [0.05, 0.1) is 13.2 Å². The van der Waals surface area contributed by atoms with Gasteiger partial charge in [-0.2, -0.15) is 0 Å². The van der Waals surface area contributed by atoms with E-state index in [1.807, 2.05) is 0 Å². The molecule has 0 spiro atoms. The van der Waals surface area contributed by atoms with Gasteiger partial charge in [-0.15, -0.1) is 0 Å². The lowest BCUT2D eigenvalue weighted by Gasteiger charge is -2.18. The first kappa shape index (κ1) is 38.6. The Morgan fingerprint density at radius 2 is 1.27 bits per heavy atom. The van der Waals surface area contributed by atoms with Crippen molar-refractivity contribution in [2.75, 3.05) is 13.2 Å². The Hall–Kier alpha value is -2.42. The van der Waals surface area contributed by atoms with Gasteiger partial charge < -0.3 is 25.6 Å². The molecule has 2 amide bonds. The molecule has 0 aromatic rings. The molecule has 0 heterocycles. The van der Waals surface area contributed by atoms with Gasteiger partial charge in [0.1, 0.15) is 12.1 Å². The van der Waals surface area contributed by atoms with Gasteiger partial charge in [0.2, 0.25) is 11.8 Å². The van der Waals surface area contributed by atoms with Gasteiger partial charge in [0, 0.05) is 12.8 Å². The number of aliphatic hydroxyl groups is 1.